The fourth-order valence-corrected chi connectivity index (χ4v) is 6.51. The van der Waals surface area contributed by atoms with Gasteiger partial charge in [0.1, 0.15) is 5.82 Å². The number of aliphatic hydroxyl groups is 2. The molecule has 4 aromatic rings. The first-order valence-corrected chi connectivity index (χ1v) is 14.5. The standard InChI is InChI=1S/C27H32AsN7O3/c1-34(11-20-23(36)24(37)27(38-20)35-13-31-22-25(28)29-12-30-26(22)35)17-8-14(9-17)2-7-21-32-18-6-5-16(15-3-4-15)10-19(18)33-21/h5-6,10,12-15,17,20,23-24,27,36-37H,2-4,7-9,11H2,1H3,(H,32,33)/t14?,17?,20-,23-,24-,27-/m1/s1. The summed E-state index contributed by atoms with van der Waals surface area (Å²) in [6.45, 7) is 0.552. The summed E-state index contributed by atoms with van der Waals surface area (Å²) in [7, 11) is 2.08. The minimum atomic E-state index is -1.06. The molecule has 3 N–H and O–H groups in total. The number of benzene rings is 1. The summed E-state index contributed by atoms with van der Waals surface area (Å²) >= 11 is 2.37. The molecule has 3 aromatic heterocycles. The van der Waals surface area contributed by atoms with Crippen molar-refractivity contribution in [2.45, 2.75) is 75.0 Å². The molecule has 2 saturated carbocycles. The zero-order valence-corrected chi connectivity index (χ0v) is 23.2. The molecular weight excluding hydrogens is 545 g/mol. The molecule has 7 rings (SSSR count). The van der Waals surface area contributed by atoms with Gasteiger partial charge in [-0.1, -0.05) is 6.07 Å². The van der Waals surface area contributed by atoms with Gasteiger partial charge < -0.3 is 4.98 Å². The minimum absolute atomic E-state index is 0.450. The number of rotatable bonds is 8. The normalized spacial score (nSPS) is 29.5. The van der Waals surface area contributed by atoms with Gasteiger partial charge in [0.2, 0.25) is 0 Å². The summed E-state index contributed by atoms with van der Waals surface area (Å²) in [5.41, 5.74) is 4.89. The van der Waals surface area contributed by atoms with E-state index in [0.29, 0.717) is 34.2 Å². The van der Waals surface area contributed by atoms with Crippen LogP contribution < -0.4 is 4.48 Å². The molecule has 0 amide bonds. The van der Waals surface area contributed by atoms with Crippen molar-refractivity contribution in [2.75, 3.05) is 13.6 Å². The van der Waals surface area contributed by atoms with E-state index < -0.39 is 24.5 Å². The Balaban J connectivity index is 0.920. The van der Waals surface area contributed by atoms with Crippen LogP contribution in [-0.4, -0.2) is 99.4 Å². The fourth-order valence-electron chi connectivity index (χ4n) is 6.07. The number of aliphatic hydroxyl groups excluding tert-OH is 2. The number of hydrogen-bond acceptors (Lipinski definition) is 8. The van der Waals surface area contributed by atoms with Gasteiger partial charge >= 0.3 is 147 Å². The third-order valence-electron chi connectivity index (χ3n) is 8.65. The van der Waals surface area contributed by atoms with Gasteiger partial charge in [-0.15, -0.1) is 0 Å². The Morgan fingerprint density at radius 1 is 1.16 bits per heavy atom. The van der Waals surface area contributed by atoms with E-state index in [1.54, 1.807) is 10.9 Å². The second-order valence-electron chi connectivity index (χ2n) is 11.3. The number of imidazole rings is 2. The van der Waals surface area contributed by atoms with Gasteiger partial charge in [-0.25, -0.2) is 4.98 Å². The van der Waals surface area contributed by atoms with Crippen molar-refractivity contribution in [3.8, 4) is 0 Å². The van der Waals surface area contributed by atoms with E-state index in [9.17, 15) is 10.2 Å². The van der Waals surface area contributed by atoms with Crippen LogP contribution >= 0.6 is 0 Å². The second-order valence-corrected chi connectivity index (χ2v) is 12.2. The molecule has 1 saturated heterocycles. The van der Waals surface area contributed by atoms with Crippen LogP contribution in [0, 0.1) is 5.92 Å². The second kappa shape index (κ2) is 9.68. The molecule has 3 aliphatic rings. The van der Waals surface area contributed by atoms with Crippen molar-refractivity contribution in [2.24, 2.45) is 5.92 Å². The van der Waals surface area contributed by atoms with Gasteiger partial charge in [-0.05, 0) is 42.9 Å². The van der Waals surface area contributed by atoms with Crippen LogP contribution in [0.25, 0.3) is 22.2 Å². The third-order valence-corrected chi connectivity index (χ3v) is 9.33. The van der Waals surface area contributed by atoms with E-state index in [-0.39, 0.29) is 0 Å². The van der Waals surface area contributed by atoms with Crippen LogP contribution in [-0.2, 0) is 11.2 Å². The van der Waals surface area contributed by atoms with Gasteiger partial charge in [-0.3, -0.25) is 0 Å². The Hall–Kier alpha value is -2.36. The summed E-state index contributed by atoms with van der Waals surface area (Å²) in [5, 5.41) is 21.5. The quantitative estimate of drug-likeness (QED) is 0.268. The molecule has 2 radical (unpaired) electrons. The van der Waals surface area contributed by atoms with Gasteiger partial charge in [0.25, 0.3) is 0 Å². The molecule has 10 nitrogen and oxygen atoms in total. The molecule has 198 valence electrons. The predicted molar refractivity (Wildman–Crippen MR) is 142 cm³/mol. The van der Waals surface area contributed by atoms with E-state index >= 15 is 0 Å². The monoisotopic (exact) mass is 577 g/mol. The van der Waals surface area contributed by atoms with Crippen LogP contribution in [0.5, 0.6) is 0 Å². The Labute approximate surface area is 229 Å². The molecule has 2 aliphatic carbocycles. The van der Waals surface area contributed by atoms with Crippen LogP contribution in [0.3, 0.4) is 0 Å². The summed E-state index contributed by atoms with van der Waals surface area (Å²) in [6, 6.07) is 7.12. The van der Waals surface area contributed by atoms with Crippen LogP contribution in [0.1, 0.15) is 55.6 Å². The van der Waals surface area contributed by atoms with E-state index in [1.807, 2.05) is 0 Å². The summed E-state index contributed by atoms with van der Waals surface area (Å²) in [5.74, 6) is 2.51. The SMILES string of the molecule is CN(C[C@H]1O[C@@H](n2cnc3c([As])ncnc32)[C@H](O)[C@@H]1O)C1CC(CCc2nc3ccc(C4CC4)cc3[nH]2)C1. The molecule has 11 heteroatoms. The first-order valence-electron chi connectivity index (χ1n) is 13.5. The summed E-state index contributed by atoms with van der Waals surface area (Å²) in [4.78, 5) is 23.4. The molecule has 0 spiro atoms. The summed E-state index contributed by atoms with van der Waals surface area (Å²) < 4.78 is 8.55. The number of ether oxygens (including phenoxy) is 1. The number of aromatic amines is 1. The number of aryl methyl sites for hydroxylation is 1. The van der Waals surface area contributed by atoms with Crippen molar-refractivity contribution in [1.29, 1.82) is 0 Å². The Morgan fingerprint density at radius 3 is 2.82 bits per heavy atom. The molecule has 1 aromatic carbocycles. The number of fused-ring (bicyclic) bond motifs is 2. The van der Waals surface area contributed by atoms with Crippen LogP contribution in [0.4, 0.5) is 0 Å². The molecule has 3 fully saturated rings. The molecule has 4 atom stereocenters. The van der Waals surface area contributed by atoms with Crippen molar-refractivity contribution < 1.29 is 14.9 Å². The Bertz CT molecular complexity index is 1460. The Kier molecular flexibility index (Phi) is 6.28. The molecule has 38 heavy (non-hydrogen) atoms. The maximum atomic E-state index is 10.8. The molecule has 0 unspecified atom stereocenters. The zero-order chi connectivity index (χ0) is 26.0. The Morgan fingerprint density at radius 2 is 2.00 bits per heavy atom. The summed E-state index contributed by atoms with van der Waals surface area (Å²) in [6.07, 6.45) is 6.73. The van der Waals surface area contributed by atoms with Gasteiger partial charge in [0.05, 0.1) is 11.0 Å². The van der Waals surface area contributed by atoms with Gasteiger partial charge in [-0.2, -0.15) is 0 Å². The van der Waals surface area contributed by atoms with Crippen LogP contribution in [0.2, 0.25) is 0 Å². The molecule has 4 heterocycles. The van der Waals surface area contributed by atoms with Gasteiger partial charge in [0, 0.05) is 6.42 Å². The van der Waals surface area contributed by atoms with E-state index in [1.165, 1.54) is 24.7 Å². The molecule has 0 bridgehead atoms. The van der Waals surface area contributed by atoms with Crippen molar-refractivity contribution in [3.05, 3.63) is 42.2 Å². The maximum absolute atomic E-state index is 10.8. The number of hydrogen-bond donors (Lipinski definition) is 3. The first-order chi connectivity index (χ1) is 18.4. The average Bonchev–Trinajstić information content (AvgIpc) is 3.42. The van der Waals surface area contributed by atoms with E-state index in [2.05, 4.69) is 66.9 Å². The van der Waals surface area contributed by atoms with Crippen molar-refractivity contribution in [1.82, 2.24) is 34.4 Å². The number of nitrogens with zero attached hydrogens (tertiary/aromatic N) is 6. The van der Waals surface area contributed by atoms with E-state index in [0.717, 1.165) is 48.5 Å². The fraction of sp³-hybridized carbons (Fsp3) is 0.556. The van der Waals surface area contributed by atoms with Crippen molar-refractivity contribution >= 4 is 43.5 Å². The third kappa shape index (κ3) is 4.46. The molecule has 1 aliphatic heterocycles. The van der Waals surface area contributed by atoms with Crippen LogP contribution in [0.15, 0.2) is 30.9 Å². The van der Waals surface area contributed by atoms with E-state index in [4.69, 9.17) is 9.72 Å². The van der Waals surface area contributed by atoms with Crippen molar-refractivity contribution in [3.63, 3.8) is 0 Å². The topological polar surface area (TPSA) is 125 Å². The number of likely N-dealkylation sites (N-methyl/N-ethyl adjacent to an activating group) is 1. The number of nitrogens with one attached hydrogen (secondary N) is 1. The van der Waals surface area contributed by atoms with Gasteiger partial charge in [0.15, 0.2) is 0 Å². The molecular formula is C27H32AsN7O3. The number of H-pyrrole nitrogens is 1. The predicted octanol–water partition coefficient (Wildman–Crippen LogP) is 1.34. The zero-order valence-electron chi connectivity index (χ0n) is 21.3. The number of aromatic nitrogens is 6. The first kappa shape index (κ1) is 24.7. The average molecular weight is 578 g/mol.